The van der Waals surface area contributed by atoms with Crippen LogP contribution in [0.2, 0.25) is 0 Å². The summed E-state index contributed by atoms with van der Waals surface area (Å²) in [5, 5.41) is 15.3. The average Bonchev–Trinajstić information content (AvgIpc) is 2.86. The average molecular weight is 262 g/mol. The second-order valence-corrected chi connectivity index (χ2v) is 5.24. The van der Waals surface area contributed by atoms with Crippen molar-refractivity contribution in [2.45, 2.75) is 37.8 Å². The first-order chi connectivity index (χ1) is 9.16. The Morgan fingerprint density at radius 2 is 2.21 bits per heavy atom. The van der Waals surface area contributed by atoms with Gasteiger partial charge in [0.05, 0.1) is 12.1 Å². The van der Waals surface area contributed by atoms with Gasteiger partial charge in [0.15, 0.2) is 0 Å². The Kier molecular flexibility index (Phi) is 4.93. The molecule has 3 unspecified atom stereocenters. The van der Waals surface area contributed by atoms with Gasteiger partial charge in [-0.1, -0.05) is 37.3 Å². The number of nitrogens with one attached hydrogen (secondary N) is 2. The van der Waals surface area contributed by atoms with Gasteiger partial charge in [-0.2, -0.15) is 0 Å². The number of amides is 1. The van der Waals surface area contributed by atoms with Crippen molar-refractivity contribution in [1.82, 2.24) is 10.6 Å². The first-order valence-corrected chi connectivity index (χ1v) is 6.91. The van der Waals surface area contributed by atoms with Crippen molar-refractivity contribution in [3.63, 3.8) is 0 Å². The highest BCUT2D eigenvalue weighted by molar-refractivity contribution is 5.82. The molecule has 1 aliphatic heterocycles. The van der Waals surface area contributed by atoms with Gasteiger partial charge in [0, 0.05) is 13.1 Å². The Morgan fingerprint density at radius 3 is 2.84 bits per heavy atom. The molecule has 1 amide bonds. The SMILES string of the molecule is CC(CCNC(=O)C1CC(O)CN1)c1ccccc1. The zero-order valence-electron chi connectivity index (χ0n) is 11.3. The maximum atomic E-state index is 11.8. The van der Waals surface area contributed by atoms with Gasteiger partial charge in [-0.15, -0.1) is 0 Å². The highest BCUT2D eigenvalue weighted by Crippen LogP contribution is 2.17. The smallest absolute Gasteiger partial charge is 0.237 e. The van der Waals surface area contributed by atoms with Crippen molar-refractivity contribution in [1.29, 1.82) is 0 Å². The number of aliphatic hydroxyl groups excluding tert-OH is 1. The third kappa shape index (κ3) is 4.04. The molecule has 19 heavy (non-hydrogen) atoms. The van der Waals surface area contributed by atoms with Crippen LogP contribution in [0.3, 0.4) is 0 Å². The Morgan fingerprint density at radius 1 is 1.47 bits per heavy atom. The van der Waals surface area contributed by atoms with E-state index in [0.717, 1.165) is 6.42 Å². The number of carbonyl (C=O) groups is 1. The lowest BCUT2D eigenvalue weighted by Crippen LogP contribution is -2.40. The molecule has 0 aromatic heterocycles. The van der Waals surface area contributed by atoms with Gasteiger partial charge in [0.25, 0.3) is 0 Å². The fourth-order valence-corrected chi connectivity index (χ4v) is 2.40. The van der Waals surface area contributed by atoms with Gasteiger partial charge in [0.1, 0.15) is 0 Å². The van der Waals surface area contributed by atoms with Gasteiger partial charge < -0.3 is 15.7 Å². The highest BCUT2D eigenvalue weighted by atomic mass is 16.3. The molecule has 4 nitrogen and oxygen atoms in total. The van der Waals surface area contributed by atoms with E-state index in [1.807, 2.05) is 18.2 Å². The topological polar surface area (TPSA) is 61.4 Å². The Labute approximate surface area is 114 Å². The first kappa shape index (κ1) is 14.0. The quantitative estimate of drug-likeness (QED) is 0.742. The summed E-state index contributed by atoms with van der Waals surface area (Å²) < 4.78 is 0. The van der Waals surface area contributed by atoms with Crippen molar-refractivity contribution in [3.05, 3.63) is 35.9 Å². The molecule has 1 aliphatic rings. The largest absolute Gasteiger partial charge is 0.392 e. The number of β-amino-alcohol motifs (C(OH)–C–C–N with tert-alkyl or cyclic N) is 1. The van der Waals surface area contributed by atoms with Gasteiger partial charge >= 0.3 is 0 Å². The van der Waals surface area contributed by atoms with Crippen LogP contribution in [0, 0.1) is 0 Å². The van der Waals surface area contributed by atoms with Crippen LogP contribution in [-0.4, -0.2) is 36.2 Å². The molecule has 2 rings (SSSR count). The van der Waals surface area contributed by atoms with Crippen LogP contribution in [0.1, 0.15) is 31.2 Å². The number of aliphatic hydroxyl groups is 1. The van der Waals surface area contributed by atoms with Crippen molar-refractivity contribution >= 4 is 5.91 Å². The maximum absolute atomic E-state index is 11.8. The van der Waals surface area contributed by atoms with E-state index in [1.165, 1.54) is 5.56 Å². The van der Waals surface area contributed by atoms with Crippen LogP contribution in [0.5, 0.6) is 0 Å². The van der Waals surface area contributed by atoms with E-state index < -0.39 is 0 Å². The normalized spacial score (nSPS) is 24.1. The standard InChI is InChI=1S/C15H22N2O2/c1-11(12-5-3-2-4-6-12)7-8-16-15(19)14-9-13(18)10-17-14/h2-6,11,13-14,17-18H,7-10H2,1H3,(H,16,19). The van der Waals surface area contributed by atoms with Gasteiger partial charge in [0.2, 0.25) is 5.91 Å². The van der Waals surface area contributed by atoms with Crippen LogP contribution in [0.4, 0.5) is 0 Å². The molecule has 1 fully saturated rings. The summed E-state index contributed by atoms with van der Waals surface area (Å²) in [6, 6.07) is 10.1. The Bertz CT molecular complexity index is 408. The summed E-state index contributed by atoms with van der Waals surface area (Å²) in [4.78, 5) is 11.8. The number of hydrogen-bond donors (Lipinski definition) is 3. The molecular weight excluding hydrogens is 240 g/mol. The number of rotatable bonds is 5. The molecule has 0 radical (unpaired) electrons. The number of benzene rings is 1. The molecule has 0 spiro atoms. The van der Waals surface area contributed by atoms with E-state index in [0.29, 0.717) is 25.4 Å². The molecule has 1 aromatic carbocycles. The molecule has 0 saturated carbocycles. The lowest BCUT2D eigenvalue weighted by molar-refractivity contribution is -0.122. The van der Waals surface area contributed by atoms with Gasteiger partial charge in [-0.3, -0.25) is 4.79 Å². The number of hydrogen-bond acceptors (Lipinski definition) is 3. The summed E-state index contributed by atoms with van der Waals surface area (Å²) in [7, 11) is 0. The molecular formula is C15H22N2O2. The molecule has 3 N–H and O–H groups in total. The van der Waals surface area contributed by atoms with Gasteiger partial charge in [-0.05, 0) is 24.3 Å². The third-order valence-electron chi connectivity index (χ3n) is 3.67. The van der Waals surface area contributed by atoms with Crippen LogP contribution in [0.15, 0.2) is 30.3 Å². The van der Waals surface area contributed by atoms with E-state index in [2.05, 4.69) is 29.7 Å². The number of carbonyl (C=O) groups excluding carboxylic acids is 1. The van der Waals surface area contributed by atoms with Crippen LogP contribution in [0.25, 0.3) is 0 Å². The van der Waals surface area contributed by atoms with E-state index in [4.69, 9.17) is 0 Å². The highest BCUT2D eigenvalue weighted by Gasteiger charge is 2.27. The molecule has 0 aliphatic carbocycles. The second-order valence-electron chi connectivity index (χ2n) is 5.24. The third-order valence-corrected chi connectivity index (χ3v) is 3.67. The molecule has 0 bridgehead atoms. The summed E-state index contributed by atoms with van der Waals surface area (Å²) in [5.41, 5.74) is 1.30. The van der Waals surface area contributed by atoms with Crippen molar-refractivity contribution in [3.8, 4) is 0 Å². The lowest BCUT2D eigenvalue weighted by atomic mass is 9.98. The van der Waals surface area contributed by atoms with Crippen LogP contribution >= 0.6 is 0 Å². The summed E-state index contributed by atoms with van der Waals surface area (Å²) in [5.74, 6) is 0.431. The molecule has 3 atom stereocenters. The fourth-order valence-electron chi connectivity index (χ4n) is 2.40. The summed E-state index contributed by atoms with van der Waals surface area (Å²) in [6.07, 6.45) is 1.05. The zero-order valence-corrected chi connectivity index (χ0v) is 11.3. The minimum absolute atomic E-state index is 0.00295. The summed E-state index contributed by atoms with van der Waals surface area (Å²) in [6.45, 7) is 3.35. The Balaban J connectivity index is 1.70. The molecule has 1 saturated heterocycles. The molecule has 1 heterocycles. The molecule has 1 aromatic rings. The van der Waals surface area contributed by atoms with Gasteiger partial charge in [-0.25, -0.2) is 0 Å². The Hall–Kier alpha value is -1.39. The monoisotopic (exact) mass is 262 g/mol. The fraction of sp³-hybridized carbons (Fsp3) is 0.533. The van der Waals surface area contributed by atoms with E-state index in [9.17, 15) is 9.90 Å². The summed E-state index contributed by atoms with van der Waals surface area (Å²) >= 11 is 0. The minimum atomic E-state index is -0.390. The zero-order chi connectivity index (χ0) is 13.7. The predicted octanol–water partition coefficient (Wildman–Crippen LogP) is 1.02. The van der Waals surface area contributed by atoms with Crippen molar-refractivity contribution < 1.29 is 9.90 Å². The lowest BCUT2D eigenvalue weighted by Gasteiger charge is -2.14. The molecule has 104 valence electrons. The van der Waals surface area contributed by atoms with E-state index in [1.54, 1.807) is 0 Å². The van der Waals surface area contributed by atoms with E-state index >= 15 is 0 Å². The van der Waals surface area contributed by atoms with E-state index in [-0.39, 0.29) is 18.1 Å². The van der Waals surface area contributed by atoms with Crippen LogP contribution < -0.4 is 10.6 Å². The maximum Gasteiger partial charge on any atom is 0.237 e. The van der Waals surface area contributed by atoms with Crippen LogP contribution in [-0.2, 0) is 4.79 Å². The minimum Gasteiger partial charge on any atom is -0.392 e. The predicted molar refractivity (Wildman–Crippen MR) is 74.9 cm³/mol. The molecule has 4 heteroatoms. The van der Waals surface area contributed by atoms with Crippen molar-refractivity contribution in [2.24, 2.45) is 0 Å². The first-order valence-electron chi connectivity index (χ1n) is 6.91. The van der Waals surface area contributed by atoms with Crippen molar-refractivity contribution in [2.75, 3.05) is 13.1 Å². The second kappa shape index (κ2) is 6.68.